The number of aryl methyl sites for hydroxylation is 1. The first-order chi connectivity index (χ1) is 14.9. The van der Waals surface area contributed by atoms with Gasteiger partial charge in [-0.05, 0) is 37.3 Å². The molecule has 0 amide bonds. The predicted octanol–water partition coefficient (Wildman–Crippen LogP) is 3.66. The molecule has 0 saturated heterocycles. The van der Waals surface area contributed by atoms with E-state index in [9.17, 15) is 8.42 Å². The quantitative estimate of drug-likeness (QED) is 0.363. The molecule has 3 aromatic heterocycles. The molecule has 164 valence electrons. The van der Waals surface area contributed by atoms with Gasteiger partial charge in [0, 0.05) is 20.6 Å². The predicted molar refractivity (Wildman–Crippen MR) is 122 cm³/mol. The van der Waals surface area contributed by atoms with Gasteiger partial charge in [0.2, 0.25) is 15.2 Å². The molecule has 31 heavy (non-hydrogen) atoms. The lowest BCUT2D eigenvalue weighted by Gasteiger charge is -2.11. The summed E-state index contributed by atoms with van der Waals surface area (Å²) >= 11 is 3.02. The van der Waals surface area contributed by atoms with Gasteiger partial charge in [0.25, 0.3) is 0 Å². The molecule has 0 radical (unpaired) electrons. The summed E-state index contributed by atoms with van der Waals surface area (Å²) in [4.78, 5) is 4.93. The van der Waals surface area contributed by atoms with Gasteiger partial charge in [0.15, 0.2) is 4.34 Å². The van der Waals surface area contributed by atoms with Crippen LogP contribution in [0.3, 0.4) is 0 Å². The number of sulfonamides is 1. The lowest BCUT2D eigenvalue weighted by molar-refractivity contribution is 0.518. The van der Waals surface area contributed by atoms with Crippen LogP contribution < -0.4 is 5.32 Å². The summed E-state index contributed by atoms with van der Waals surface area (Å²) in [5, 5.41) is 12.3. The molecule has 3 heterocycles. The van der Waals surface area contributed by atoms with Crippen molar-refractivity contribution < 1.29 is 12.8 Å². The van der Waals surface area contributed by atoms with Gasteiger partial charge in [-0.15, -0.1) is 10.2 Å². The van der Waals surface area contributed by atoms with Crippen LogP contribution in [0.15, 0.2) is 50.2 Å². The van der Waals surface area contributed by atoms with Crippen molar-refractivity contribution in [2.45, 2.75) is 35.0 Å². The molecule has 9 nitrogen and oxygen atoms in total. The first-order valence-electron chi connectivity index (χ1n) is 9.52. The molecule has 0 atom stereocenters. The van der Waals surface area contributed by atoms with Crippen molar-refractivity contribution in [2.75, 3.05) is 19.4 Å². The fraction of sp³-hybridized carbons (Fsp3) is 0.316. The third kappa shape index (κ3) is 4.61. The maximum Gasteiger partial charge on any atom is 0.242 e. The molecule has 1 N–H and O–H groups in total. The van der Waals surface area contributed by atoms with Crippen LogP contribution in [-0.2, 0) is 28.9 Å². The number of nitrogens with one attached hydrogen (secondary N) is 1. The van der Waals surface area contributed by atoms with Crippen molar-refractivity contribution in [2.24, 2.45) is 0 Å². The Kier molecular flexibility index (Phi) is 6.32. The first-order valence-corrected chi connectivity index (χ1v) is 12.8. The number of rotatable bonds is 9. The lowest BCUT2D eigenvalue weighted by atomic mass is 10.3. The van der Waals surface area contributed by atoms with Crippen molar-refractivity contribution in [1.82, 2.24) is 24.1 Å². The number of thioether (sulfide) groups is 1. The number of hydrogen-bond acceptors (Lipinski definition) is 9. The number of imidazole rings is 1. The van der Waals surface area contributed by atoms with Gasteiger partial charge in [-0.1, -0.05) is 23.1 Å². The van der Waals surface area contributed by atoms with Crippen LogP contribution in [-0.4, -0.2) is 46.6 Å². The number of hydrogen-bond donors (Lipinski definition) is 1. The Bertz CT molecular complexity index is 1280. The summed E-state index contributed by atoms with van der Waals surface area (Å²) in [7, 11) is -0.465. The highest BCUT2D eigenvalue weighted by molar-refractivity contribution is 8.00. The maximum absolute atomic E-state index is 12.4. The normalized spacial score (nSPS) is 12.1. The molecule has 0 bridgehead atoms. The van der Waals surface area contributed by atoms with E-state index in [-0.39, 0.29) is 4.90 Å². The summed E-state index contributed by atoms with van der Waals surface area (Å²) in [6.45, 7) is 3.33. The van der Waals surface area contributed by atoms with Crippen molar-refractivity contribution in [3.63, 3.8) is 0 Å². The second kappa shape index (κ2) is 8.99. The van der Waals surface area contributed by atoms with Gasteiger partial charge >= 0.3 is 0 Å². The fourth-order valence-electron chi connectivity index (χ4n) is 3.04. The second-order valence-corrected chi connectivity index (χ2v) is 11.2. The molecule has 0 aliphatic carbocycles. The third-order valence-electron chi connectivity index (χ3n) is 4.62. The highest BCUT2D eigenvalue weighted by atomic mass is 32.2. The highest BCUT2D eigenvalue weighted by Crippen LogP contribution is 2.30. The zero-order valence-electron chi connectivity index (χ0n) is 17.3. The minimum absolute atomic E-state index is 0.237. The van der Waals surface area contributed by atoms with E-state index in [0.717, 1.165) is 33.1 Å². The summed E-state index contributed by atoms with van der Waals surface area (Å²) in [5.41, 5.74) is 1.58. The molecule has 0 saturated carbocycles. The van der Waals surface area contributed by atoms with E-state index in [4.69, 9.17) is 9.40 Å². The average molecular weight is 479 g/mol. The second-order valence-electron chi connectivity index (χ2n) is 6.80. The molecule has 4 aromatic rings. The van der Waals surface area contributed by atoms with Gasteiger partial charge in [0.05, 0.1) is 34.5 Å². The smallest absolute Gasteiger partial charge is 0.242 e. The van der Waals surface area contributed by atoms with Gasteiger partial charge in [-0.2, -0.15) is 0 Å². The molecule has 0 fully saturated rings. The monoisotopic (exact) mass is 478 g/mol. The Morgan fingerprint density at radius 2 is 2.10 bits per heavy atom. The third-order valence-corrected chi connectivity index (χ3v) is 8.44. The topological polar surface area (TPSA) is 106 Å². The van der Waals surface area contributed by atoms with Crippen LogP contribution in [0.5, 0.6) is 0 Å². The van der Waals surface area contributed by atoms with Crippen LogP contribution in [0.25, 0.3) is 11.0 Å². The van der Waals surface area contributed by atoms with Gasteiger partial charge in [-0.3, -0.25) is 0 Å². The van der Waals surface area contributed by atoms with E-state index in [0.29, 0.717) is 17.8 Å². The average Bonchev–Trinajstić information content (AvgIpc) is 3.49. The van der Waals surface area contributed by atoms with Crippen molar-refractivity contribution >= 4 is 49.3 Å². The van der Waals surface area contributed by atoms with E-state index < -0.39 is 10.0 Å². The molecule has 0 aliphatic rings. The molecule has 0 aliphatic heterocycles. The molecule has 0 spiro atoms. The Morgan fingerprint density at radius 3 is 2.81 bits per heavy atom. The summed E-state index contributed by atoms with van der Waals surface area (Å²) in [6.07, 6.45) is 1.64. The van der Waals surface area contributed by atoms with Gasteiger partial charge < -0.3 is 14.3 Å². The maximum atomic E-state index is 12.4. The molecular formula is C19H22N6O3S3. The number of benzene rings is 1. The Balaban J connectivity index is 1.49. The van der Waals surface area contributed by atoms with E-state index in [1.54, 1.807) is 30.2 Å². The van der Waals surface area contributed by atoms with Crippen molar-refractivity contribution in [1.29, 1.82) is 0 Å². The van der Waals surface area contributed by atoms with E-state index >= 15 is 0 Å². The largest absolute Gasteiger partial charge is 0.467 e. The minimum Gasteiger partial charge on any atom is -0.467 e. The minimum atomic E-state index is -3.50. The number of anilines is 1. The molecule has 1 aromatic carbocycles. The SMILES string of the molecule is CCn1c(CSc2nnc(NCc3ccco3)s2)nc2cc(S(=O)(=O)N(C)C)ccc21. The number of fused-ring (bicyclic) bond motifs is 1. The van der Waals surface area contributed by atoms with E-state index in [1.165, 1.54) is 29.7 Å². The standard InChI is InChI=1S/C19H22N6O3S3/c1-4-25-16-8-7-14(31(26,27)24(2)3)10-15(16)21-17(25)12-29-19-23-22-18(30-19)20-11-13-6-5-9-28-13/h5-10H,4,11-12H2,1-3H3,(H,20,22). The Morgan fingerprint density at radius 1 is 1.26 bits per heavy atom. The molecular weight excluding hydrogens is 456 g/mol. The summed E-state index contributed by atoms with van der Waals surface area (Å²) in [6, 6.07) is 8.82. The molecule has 4 rings (SSSR count). The van der Waals surface area contributed by atoms with E-state index in [1.807, 2.05) is 25.1 Å². The number of furan rings is 1. The number of aromatic nitrogens is 4. The van der Waals surface area contributed by atoms with Crippen LogP contribution in [0.2, 0.25) is 0 Å². The summed E-state index contributed by atoms with van der Waals surface area (Å²) in [5.74, 6) is 2.30. The zero-order valence-corrected chi connectivity index (χ0v) is 19.7. The van der Waals surface area contributed by atoms with Crippen LogP contribution >= 0.6 is 23.1 Å². The summed E-state index contributed by atoms with van der Waals surface area (Å²) < 4.78 is 34.3. The highest BCUT2D eigenvalue weighted by Gasteiger charge is 2.19. The fourth-order valence-corrected chi connectivity index (χ4v) is 5.65. The first kappa shape index (κ1) is 21.8. The number of nitrogens with zero attached hydrogens (tertiary/aromatic N) is 5. The van der Waals surface area contributed by atoms with Crippen LogP contribution in [0.4, 0.5) is 5.13 Å². The lowest BCUT2D eigenvalue weighted by Crippen LogP contribution is -2.22. The van der Waals surface area contributed by atoms with Crippen LogP contribution in [0, 0.1) is 0 Å². The van der Waals surface area contributed by atoms with Crippen molar-refractivity contribution in [3.8, 4) is 0 Å². The molecule has 12 heteroatoms. The van der Waals surface area contributed by atoms with Gasteiger partial charge in [-0.25, -0.2) is 17.7 Å². The Hall–Kier alpha value is -2.41. The van der Waals surface area contributed by atoms with Crippen LogP contribution in [0.1, 0.15) is 18.5 Å². The zero-order chi connectivity index (χ0) is 22.0. The van der Waals surface area contributed by atoms with Gasteiger partial charge in [0.1, 0.15) is 11.6 Å². The Labute approximate surface area is 188 Å². The molecule has 0 unspecified atom stereocenters. The van der Waals surface area contributed by atoms with Crippen molar-refractivity contribution in [3.05, 3.63) is 48.2 Å². The van der Waals surface area contributed by atoms with E-state index in [2.05, 4.69) is 20.1 Å².